The average molecular weight is 257 g/mol. The molecule has 0 bridgehead atoms. The lowest BCUT2D eigenvalue weighted by molar-refractivity contribution is -0.145. The molecule has 0 rings (SSSR count). The summed E-state index contributed by atoms with van der Waals surface area (Å²) >= 11 is 0. The zero-order chi connectivity index (χ0) is 14.0. The van der Waals surface area contributed by atoms with Crippen molar-refractivity contribution in [2.75, 3.05) is 7.11 Å². The second kappa shape index (κ2) is 9.32. The molecule has 1 unspecified atom stereocenters. The highest BCUT2D eigenvalue weighted by atomic mass is 16.5. The van der Waals surface area contributed by atoms with Gasteiger partial charge in [-0.3, -0.25) is 14.4 Å². The zero-order valence-electron chi connectivity index (χ0n) is 10.7. The van der Waals surface area contributed by atoms with Gasteiger partial charge in [0.1, 0.15) is 0 Å². The van der Waals surface area contributed by atoms with E-state index < -0.39 is 11.9 Å². The first-order valence-electron chi connectivity index (χ1n) is 5.82. The van der Waals surface area contributed by atoms with Crippen molar-refractivity contribution >= 4 is 24.1 Å². The first-order valence-corrected chi connectivity index (χ1v) is 5.82. The van der Waals surface area contributed by atoms with Gasteiger partial charge in [0.25, 0.3) is 0 Å². The molecule has 0 aromatic heterocycles. The summed E-state index contributed by atoms with van der Waals surface area (Å²) in [6.45, 7) is 1.78. The molecule has 18 heavy (non-hydrogen) atoms. The molecule has 0 saturated heterocycles. The van der Waals surface area contributed by atoms with E-state index in [-0.39, 0.29) is 24.7 Å². The van der Waals surface area contributed by atoms with Crippen LogP contribution in [0.15, 0.2) is 4.99 Å². The smallest absolute Gasteiger partial charge is 0.308 e. The van der Waals surface area contributed by atoms with E-state index in [1.54, 1.807) is 6.92 Å². The molecule has 1 atom stereocenters. The number of carbonyl (C=O) groups excluding carboxylic acids is 2. The van der Waals surface area contributed by atoms with E-state index in [4.69, 9.17) is 5.11 Å². The number of amides is 1. The number of rotatable bonds is 8. The maximum atomic E-state index is 11.1. The van der Waals surface area contributed by atoms with Crippen LogP contribution in [0.3, 0.4) is 0 Å². The SMILES string of the molecule is COC(=O)C(C)CCCC=NC(=O)CCC(=O)O. The third kappa shape index (κ3) is 8.43. The standard InChI is InChI=1S/C12H19NO5/c1-9(12(17)18-2)5-3-4-8-13-10(14)6-7-11(15)16/h8-9H,3-7H2,1-2H3,(H,15,16). The number of esters is 1. The Labute approximate surface area is 106 Å². The van der Waals surface area contributed by atoms with Gasteiger partial charge in [0.05, 0.1) is 19.4 Å². The topological polar surface area (TPSA) is 93.0 Å². The van der Waals surface area contributed by atoms with Crippen LogP contribution in [0.2, 0.25) is 0 Å². The largest absolute Gasteiger partial charge is 0.481 e. The summed E-state index contributed by atoms with van der Waals surface area (Å²) in [5.41, 5.74) is 0. The predicted octanol–water partition coefficient (Wildman–Crippen LogP) is 1.43. The number of aliphatic imine (C=N–C) groups is 1. The normalized spacial score (nSPS) is 12.3. The van der Waals surface area contributed by atoms with E-state index in [1.807, 2.05) is 0 Å². The minimum absolute atomic E-state index is 0.0790. The van der Waals surface area contributed by atoms with Gasteiger partial charge in [-0.05, 0) is 19.3 Å². The zero-order valence-corrected chi connectivity index (χ0v) is 10.7. The third-order valence-corrected chi connectivity index (χ3v) is 2.36. The average Bonchev–Trinajstić information content (AvgIpc) is 2.34. The molecule has 0 radical (unpaired) electrons. The van der Waals surface area contributed by atoms with Gasteiger partial charge in [-0.2, -0.15) is 0 Å². The molecule has 0 saturated carbocycles. The molecule has 6 heteroatoms. The molecule has 0 fully saturated rings. The molecule has 1 amide bonds. The first-order chi connectivity index (χ1) is 8.47. The summed E-state index contributed by atoms with van der Waals surface area (Å²) < 4.78 is 4.58. The van der Waals surface area contributed by atoms with Gasteiger partial charge in [0, 0.05) is 12.6 Å². The molecule has 0 aliphatic rings. The molecule has 0 aromatic rings. The van der Waals surface area contributed by atoms with Crippen LogP contribution >= 0.6 is 0 Å². The number of unbranched alkanes of at least 4 members (excludes halogenated alkanes) is 1. The van der Waals surface area contributed by atoms with Crippen molar-refractivity contribution in [3.63, 3.8) is 0 Å². The van der Waals surface area contributed by atoms with E-state index >= 15 is 0 Å². The fraction of sp³-hybridized carbons (Fsp3) is 0.667. The minimum atomic E-state index is -1.01. The summed E-state index contributed by atoms with van der Waals surface area (Å²) in [5, 5.41) is 8.36. The minimum Gasteiger partial charge on any atom is -0.481 e. The predicted molar refractivity (Wildman–Crippen MR) is 65.4 cm³/mol. The summed E-state index contributed by atoms with van der Waals surface area (Å²) in [6, 6.07) is 0. The van der Waals surface area contributed by atoms with Crippen molar-refractivity contribution in [1.29, 1.82) is 0 Å². The molecule has 0 aliphatic heterocycles. The Bertz CT molecular complexity index is 324. The van der Waals surface area contributed by atoms with E-state index in [0.29, 0.717) is 12.8 Å². The van der Waals surface area contributed by atoms with Crippen LogP contribution in [0, 0.1) is 5.92 Å². The van der Waals surface area contributed by atoms with Crippen LogP contribution in [-0.4, -0.2) is 36.3 Å². The number of carboxylic acids is 1. The van der Waals surface area contributed by atoms with Gasteiger partial charge in [-0.15, -0.1) is 0 Å². The number of methoxy groups -OCH3 is 1. The molecule has 0 aliphatic carbocycles. The van der Waals surface area contributed by atoms with Crippen molar-refractivity contribution in [2.24, 2.45) is 10.9 Å². The fourth-order valence-electron chi connectivity index (χ4n) is 1.28. The number of hydrogen-bond donors (Lipinski definition) is 1. The summed E-state index contributed by atoms with van der Waals surface area (Å²) in [5.74, 6) is -1.85. The Morgan fingerprint density at radius 3 is 2.56 bits per heavy atom. The Balaban J connectivity index is 3.68. The molecule has 0 spiro atoms. The Hall–Kier alpha value is -1.72. The molecule has 0 aromatic carbocycles. The molecule has 6 nitrogen and oxygen atoms in total. The summed E-state index contributed by atoms with van der Waals surface area (Å²) in [7, 11) is 1.35. The number of aliphatic carboxylic acids is 1. The van der Waals surface area contributed by atoms with E-state index in [0.717, 1.165) is 6.42 Å². The number of nitrogens with zero attached hydrogens (tertiary/aromatic N) is 1. The number of ether oxygens (including phenoxy) is 1. The maximum Gasteiger partial charge on any atom is 0.308 e. The number of hydrogen-bond acceptors (Lipinski definition) is 4. The quantitative estimate of drug-likeness (QED) is 0.403. The van der Waals surface area contributed by atoms with Gasteiger partial charge in [-0.25, -0.2) is 4.99 Å². The molecule has 102 valence electrons. The molecular weight excluding hydrogens is 238 g/mol. The molecular formula is C12H19NO5. The second-order valence-corrected chi connectivity index (χ2v) is 3.95. The van der Waals surface area contributed by atoms with Crippen LogP contribution in [0.4, 0.5) is 0 Å². The second-order valence-electron chi connectivity index (χ2n) is 3.95. The van der Waals surface area contributed by atoms with E-state index in [2.05, 4.69) is 9.73 Å². The lowest BCUT2D eigenvalue weighted by Crippen LogP contribution is -2.12. The number of carboxylic acid groups (broad SMARTS) is 1. The van der Waals surface area contributed by atoms with E-state index in [9.17, 15) is 14.4 Å². The number of carbonyl (C=O) groups is 3. The van der Waals surface area contributed by atoms with Crippen LogP contribution in [-0.2, 0) is 19.1 Å². The highest BCUT2D eigenvalue weighted by Crippen LogP contribution is 2.08. The fourth-order valence-corrected chi connectivity index (χ4v) is 1.28. The van der Waals surface area contributed by atoms with Gasteiger partial charge in [0.2, 0.25) is 5.91 Å². The Morgan fingerprint density at radius 2 is 2.00 bits per heavy atom. The van der Waals surface area contributed by atoms with Crippen molar-refractivity contribution in [3.8, 4) is 0 Å². The van der Waals surface area contributed by atoms with Crippen molar-refractivity contribution in [3.05, 3.63) is 0 Å². The van der Waals surface area contributed by atoms with Crippen LogP contribution < -0.4 is 0 Å². The van der Waals surface area contributed by atoms with Crippen molar-refractivity contribution in [1.82, 2.24) is 0 Å². The summed E-state index contributed by atoms with van der Waals surface area (Å²) in [4.78, 5) is 35.9. The third-order valence-electron chi connectivity index (χ3n) is 2.36. The highest BCUT2D eigenvalue weighted by molar-refractivity contribution is 5.87. The van der Waals surface area contributed by atoms with Crippen LogP contribution in [0.5, 0.6) is 0 Å². The Morgan fingerprint density at radius 1 is 1.33 bits per heavy atom. The maximum absolute atomic E-state index is 11.1. The van der Waals surface area contributed by atoms with Gasteiger partial charge < -0.3 is 9.84 Å². The Kier molecular flexibility index (Phi) is 8.43. The van der Waals surface area contributed by atoms with Gasteiger partial charge in [0.15, 0.2) is 0 Å². The van der Waals surface area contributed by atoms with E-state index in [1.165, 1.54) is 13.3 Å². The molecule has 0 heterocycles. The highest BCUT2D eigenvalue weighted by Gasteiger charge is 2.11. The van der Waals surface area contributed by atoms with Crippen LogP contribution in [0.1, 0.15) is 39.0 Å². The van der Waals surface area contributed by atoms with Crippen molar-refractivity contribution in [2.45, 2.75) is 39.0 Å². The first kappa shape index (κ1) is 16.3. The van der Waals surface area contributed by atoms with Crippen LogP contribution in [0.25, 0.3) is 0 Å². The van der Waals surface area contributed by atoms with Gasteiger partial charge in [-0.1, -0.05) is 6.92 Å². The van der Waals surface area contributed by atoms with Crippen molar-refractivity contribution < 1.29 is 24.2 Å². The summed E-state index contributed by atoms with van der Waals surface area (Å²) in [6.07, 6.45) is 3.17. The lowest BCUT2D eigenvalue weighted by Gasteiger charge is -2.06. The van der Waals surface area contributed by atoms with Gasteiger partial charge >= 0.3 is 11.9 Å². The molecule has 1 N–H and O–H groups in total. The monoisotopic (exact) mass is 257 g/mol. The lowest BCUT2D eigenvalue weighted by atomic mass is 10.1.